The van der Waals surface area contributed by atoms with E-state index < -0.39 is 0 Å². The molecule has 0 bridgehead atoms. The van der Waals surface area contributed by atoms with Gasteiger partial charge in [0.15, 0.2) is 0 Å². The van der Waals surface area contributed by atoms with Crippen molar-refractivity contribution in [1.82, 2.24) is 9.97 Å². The molecule has 0 aliphatic rings. The highest BCUT2D eigenvalue weighted by Gasteiger charge is 2.16. The molecule has 2 heterocycles. The van der Waals surface area contributed by atoms with Crippen LogP contribution in [-0.4, -0.2) is 9.97 Å². The number of rotatable bonds is 0. The fourth-order valence-corrected chi connectivity index (χ4v) is 1.76. The number of pyridine rings is 1. The summed E-state index contributed by atoms with van der Waals surface area (Å²) in [6.45, 7) is 6.58. The number of halogens is 1. The zero-order chi connectivity index (χ0) is 10.3. The van der Waals surface area contributed by atoms with Crippen LogP contribution in [0.5, 0.6) is 0 Å². The Morgan fingerprint density at radius 3 is 2.64 bits per heavy atom. The van der Waals surface area contributed by atoms with Crippen molar-refractivity contribution in [2.24, 2.45) is 0 Å². The normalized spacial score (nSPS) is 12.3. The van der Waals surface area contributed by atoms with Crippen LogP contribution in [0.3, 0.4) is 0 Å². The van der Waals surface area contributed by atoms with E-state index >= 15 is 0 Å². The fraction of sp³-hybridized carbons (Fsp3) is 0.364. The van der Waals surface area contributed by atoms with Gasteiger partial charge in [0.2, 0.25) is 0 Å². The molecule has 0 fully saturated rings. The monoisotopic (exact) mass is 252 g/mol. The minimum Gasteiger partial charge on any atom is -0.357 e. The molecule has 0 aliphatic heterocycles. The van der Waals surface area contributed by atoms with Crippen LogP contribution in [0, 0.1) is 0 Å². The summed E-state index contributed by atoms with van der Waals surface area (Å²) in [5, 5.41) is 1.21. The second-order valence-corrected chi connectivity index (χ2v) is 5.34. The van der Waals surface area contributed by atoms with E-state index in [4.69, 9.17) is 0 Å². The molecule has 1 N–H and O–H groups in total. The number of nitrogens with zero attached hydrogens (tertiary/aromatic N) is 1. The van der Waals surface area contributed by atoms with E-state index in [0.29, 0.717) is 0 Å². The molecule has 0 aromatic carbocycles. The van der Waals surface area contributed by atoms with Gasteiger partial charge in [-0.25, -0.2) is 4.98 Å². The molecule has 0 unspecified atom stereocenters. The second-order valence-electron chi connectivity index (χ2n) is 4.53. The SMILES string of the molecule is CC(C)(C)c1cc2cc(Br)ncc2[nH]1. The summed E-state index contributed by atoms with van der Waals surface area (Å²) in [5.74, 6) is 0. The third kappa shape index (κ3) is 1.69. The molecule has 0 saturated heterocycles. The van der Waals surface area contributed by atoms with Crippen molar-refractivity contribution in [3.05, 3.63) is 28.6 Å². The molecule has 74 valence electrons. The molecule has 2 nitrogen and oxygen atoms in total. The molecule has 3 heteroatoms. The van der Waals surface area contributed by atoms with Crippen molar-refractivity contribution in [2.75, 3.05) is 0 Å². The Hall–Kier alpha value is -0.830. The third-order valence-electron chi connectivity index (χ3n) is 2.28. The number of H-pyrrole nitrogens is 1. The van der Waals surface area contributed by atoms with Gasteiger partial charge in [-0.3, -0.25) is 0 Å². The van der Waals surface area contributed by atoms with Crippen LogP contribution in [-0.2, 0) is 5.41 Å². The Kier molecular flexibility index (Phi) is 2.14. The van der Waals surface area contributed by atoms with Crippen molar-refractivity contribution in [2.45, 2.75) is 26.2 Å². The van der Waals surface area contributed by atoms with Crippen molar-refractivity contribution in [3.63, 3.8) is 0 Å². The highest BCUT2D eigenvalue weighted by atomic mass is 79.9. The molecule has 2 aromatic rings. The number of hydrogen-bond donors (Lipinski definition) is 1. The number of aromatic amines is 1. The Balaban J connectivity index is 2.63. The third-order valence-corrected chi connectivity index (χ3v) is 2.71. The maximum absolute atomic E-state index is 4.19. The summed E-state index contributed by atoms with van der Waals surface area (Å²) in [6, 6.07) is 4.21. The minimum absolute atomic E-state index is 0.158. The van der Waals surface area contributed by atoms with Crippen LogP contribution in [0.2, 0.25) is 0 Å². The Bertz CT molecular complexity index is 466. The van der Waals surface area contributed by atoms with Gasteiger partial charge in [0.25, 0.3) is 0 Å². The van der Waals surface area contributed by atoms with Crippen LogP contribution in [0.15, 0.2) is 22.9 Å². The average molecular weight is 253 g/mol. The lowest BCUT2D eigenvalue weighted by atomic mass is 9.92. The maximum Gasteiger partial charge on any atom is 0.106 e. The van der Waals surface area contributed by atoms with Crippen molar-refractivity contribution in [3.8, 4) is 0 Å². The molecule has 0 spiro atoms. The molecule has 0 radical (unpaired) electrons. The Morgan fingerprint density at radius 2 is 2.00 bits per heavy atom. The molecule has 2 aromatic heterocycles. The highest BCUT2D eigenvalue weighted by molar-refractivity contribution is 9.10. The van der Waals surface area contributed by atoms with E-state index in [-0.39, 0.29) is 5.41 Å². The predicted molar refractivity (Wildman–Crippen MR) is 62.5 cm³/mol. The van der Waals surface area contributed by atoms with E-state index in [2.05, 4.69) is 52.7 Å². The molecule has 0 atom stereocenters. The van der Waals surface area contributed by atoms with E-state index in [1.165, 1.54) is 11.1 Å². The van der Waals surface area contributed by atoms with E-state index in [1.54, 1.807) is 0 Å². The molecule has 2 rings (SSSR count). The highest BCUT2D eigenvalue weighted by Crippen LogP contribution is 2.26. The van der Waals surface area contributed by atoms with Gasteiger partial charge in [0, 0.05) is 16.5 Å². The second kappa shape index (κ2) is 3.09. The van der Waals surface area contributed by atoms with E-state index in [0.717, 1.165) is 10.1 Å². The van der Waals surface area contributed by atoms with E-state index in [1.807, 2.05) is 12.3 Å². The van der Waals surface area contributed by atoms with Gasteiger partial charge in [-0.2, -0.15) is 0 Å². The molecule has 0 amide bonds. The zero-order valence-corrected chi connectivity index (χ0v) is 10.1. The topological polar surface area (TPSA) is 28.7 Å². The van der Waals surface area contributed by atoms with Gasteiger partial charge in [0.05, 0.1) is 11.7 Å². The minimum atomic E-state index is 0.158. The number of fused-ring (bicyclic) bond motifs is 1. The predicted octanol–water partition coefficient (Wildman–Crippen LogP) is 3.62. The lowest BCUT2D eigenvalue weighted by Crippen LogP contribution is -2.10. The maximum atomic E-state index is 4.19. The van der Waals surface area contributed by atoms with Crippen LogP contribution in [0.25, 0.3) is 10.9 Å². The molecular formula is C11H13BrN2. The van der Waals surface area contributed by atoms with Crippen LogP contribution < -0.4 is 0 Å². The first kappa shape index (κ1) is 9.71. The summed E-state index contributed by atoms with van der Waals surface area (Å²) in [6.07, 6.45) is 1.86. The molecule has 0 aliphatic carbocycles. The van der Waals surface area contributed by atoms with Crippen molar-refractivity contribution in [1.29, 1.82) is 0 Å². The lowest BCUT2D eigenvalue weighted by Gasteiger charge is -2.15. The average Bonchev–Trinajstić information content (AvgIpc) is 2.45. The van der Waals surface area contributed by atoms with Gasteiger partial charge in [-0.15, -0.1) is 0 Å². The van der Waals surface area contributed by atoms with Crippen LogP contribution >= 0.6 is 15.9 Å². The number of aromatic nitrogens is 2. The summed E-state index contributed by atoms with van der Waals surface area (Å²) < 4.78 is 0.879. The standard InChI is InChI=1S/C11H13BrN2/c1-11(2,3)9-4-7-5-10(12)13-6-8(7)14-9/h4-6,14H,1-3H3. The Morgan fingerprint density at radius 1 is 1.29 bits per heavy atom. The lowest BCUT2D eigenvalue weighted by molar-refractivity contribution is 0.574. The first-order chi connectivity index (χ1) is 6.47. The quantitative estimate of drug-likeness (QED) is 0.713. The first-order valence-electron chi connectivity index (χ1n) is 4.61. The van der Waals surface area contributed by atoms with Gasteiger partial charge < -0.3 is 4.98 Å². The fourth-order valence-electron chi connectivity index (χ4n) is 1.41. The summed E-state index contributed by atoms with van der Waals surface area (Å²) in [4.78, 5) is 7.57. The Labute approximate surface area is 91.9 Å². The van der Waals surface area contributed by atoms with Crippen LogP contribution in [0.1, 0.15) is 26.5 Å². The molecular weight excluding hydrogens is 240 g/mol. The molecule has 0 saturated carbocycles. The first-order valence-corrected chi connectivity index (χ1v) is 5.41. The van der Waals surface area contributed by atoms with Crippen LogP contribution in [0.4, 0.5) is 0 Å². The smallest absolute Gasteiger partial charge is 0.106 e. The van der Waals surface area contributed by atoms with Crippen molar-refractivity contribution >= 4 is 26.8 Å². The van der Waals surface area contributed by atoms with Gasteiger partial charge in [-0.1, -0.05) is 20.8 Å². The summed E-state index contributed by atoms with van der Waals surface area (Å²) >= 11 is 3.37. The van der Waals surface area contributed by atoms with Gasteiger partial charge >= 0.3 is 0 Å². The number of hydrogen-bond acceptors (Lipinski definition) is 1. The van der Waals surface area contributed by atoms with Gasteiger partial charge in [0.1, 0.15) is 4.60 Å². The van der Waals surface area contributed by atoms with E-state index in [9.17, 15) is 0 Å². The van der Waals surface area contributed by atoms with Crippen molar-refractivity contribution < 1.29 is 0 Å². The molecule has 14 heavy (non-hydrogen) atoms. The van der Waals surface area contributed by atoms with Gasteiger partial charge in [-0.05, 0) is 28.1 Å². The zero-order valence-electron chi connectivity index (χ0n) is 8.56. The summed E-state index contributed by atoms with van der Waals surface area (Å²) in [7, 11) is 0. The largest absolute Gasteiger partial charge is 0.357 e. The summed E-state index contributed by atoms with van der Waals surface area (Å²) in [5.41, 5.74) is 2.50. The number of nitrogens with one attached hydrogen (secondary N) is 1.